The van der Waals surface area contributed by atoms with Gasteiger partial charge in [-0.3, -0.25) is 0 Å². The van der Waals surface area contributed by atoms with Crippen molar-refractivity contribution < 1.29 is 9.13 Å². The van der Waals surface area contributed by atoms with Gasteiger partial charge in [-0.15, -0.1) is 0 Å². The zero-order valence-electron chi connectivity index (χ0n) is 9.01. The van der Waals surface area contributed by atoms with Crippen LogP contribution in [0.15, 0.2) is 22.7 Å². The van der Waals surface area contributed by atoms with Crippen molar-refractivity contribution in [1.29, 1.82) is 0 Å². The molecule has 1 heterocycles. The third-order valence-electron chi connectivity index (χ3n) is 2.76. The molecule has 2 rings (SSSR count). The van der Waals surface area contributed by atoms with E-state index in [-0.39, 0.29) is 5.82 Å². The molecule has 0 aliphatic carbocycles. The number of hydrogen-bond donors (Lipinski definition) is 1. The predicted octanol–water partition coefficient (Wildman–Crippen LogP) is 2.86. The monoisotopic (exact) mass is 287 g/mol. The standard InChI is InChI=1S/C12H15BrFNO/c13-12-6-10(14)4-3-9(12)7-15-11-2-1-5-16-8-11/h3-4,6,11,15H,1-2,5,7-8H2. The van der Waals surface area contributed by atoms with Gasteiger partial charge < -0.3 is 10.1 Å². The zero-order valence-corrected chi connectivity index (χ0v) is 10.6. The summed E-state index contributed by atoms with van der Waals surface area (Å²) in [5.41, 5.74) is 1.08. The number of halogens is 2. The number of hydrogen-bond acceptors (Lipinski definition) is 2. The molecular weight excluding hydrogens is 273 g/mol. The average molecular weight is 288 g/mol. The fourth-order valence-corrected chi connectivity index (χ4v) is 2.31. The molecule has 1 atom stereocenters. The molecule has 0 bridgehead atoms. The van der Waals surface area contributed by atoms with E-state index in [4.69, 9.17) is 4.74 Å². The van der Waals surface area contributed by atoms with E-state index >= 15 is 0 Å². The smallest absolute Gasteiger partial charge is 0.124 e. The van der Waals surface area contributed by atoms with Gasteiger partial charge in [0.25, 0.3) is 0 Å². The third kappa shape index (κ3) is 3.27. The first-order chi connectivity index (χ1) is 7.75. The predicted molar refractivity (Wildman–Crippen MR) is 64.8 cm³/mol. The highest BCUT2D eigenvalue weighted by molar-refractivity contribution is 9.10. The van der Waals surface area contributed by atoms with Gasteiger partial charge in [0.2, 0.25) is 0 Å². The molecule has 1 saturated heterocycles. The molecule has 0 aromatic heterocycles. The fraction of sp³-hybridized carbons (Fsp3) is 0.500. The van der Waals surface area contributed by atoms with E-state index in [1.807, 2.05) is 0 Å². The van der Waals surface area contributed by atoms with E-state index in [1.54, 1.807) is 6.07 Å². The van der Waals surface area contributed by atoms with Crippen molar-refractivity contribution in [3.8, 4) is 0 Å². The van der Waals surface area contributed by atoms with Crippen LogP contribution in [0.25, 0.3) is 0 Å². The van der Waals surface area contributed by atoms with Crippen molar-refractivity contribution in [2.24, 2.45) is 0 Å². The highest BCUT2D eigenvalue weighted by atomic mass is 79.9. The van der Waals surface area contributed by atoms with E-state index < -0.39 is 0 Å². The molecule has 2 nitrogen and oxygen atoms in total. The number of nitrogens with one attached hydrogen (secondary N) is 1. The summed E-state index contributed by atoms with van der Waals surface area (Å²) in [5.74, 6) is -0.211. The van der Waals surface area contributed by atoms with Crippen LogP contribution >= 0.6 is 15.9 Å². The molecule has 1 fully saturated rings. The van der Waals surface area contributed by atoms with Gasteiger partial charge in [-0.1, -0.05) is 22.0 Å². The Labute approximate surface area is 103 Å². The van der Waals surface area contributed by atoms with E-state index in [0.717, 1.165) is 42.6 Å². The summed E-state index contributed by atoms with van der Waals surface area (Å²) in [6.07, 6.45) is 2.26. The minimum atomic E-state index is -0.211. The number of ether oxygens (including phenoxy) is 1. The fourth-order valence-electron chi connectivity index (χ4n) is 1.82. The van der Waals surface area contributed by atoms with Crippen molar-refractivity contribution >= 4 is 15.9 Å². The summed E-state index contributed by atoms with van der Waals surface area (Å²) in [5, 5.41) is 3.42. The summed E-state index contributed by atoms with van der Waals surface area (Å²) in [6, 6.07) is 5.20. The van der Waals surface area contributed by atoms with E-state index in [0.29, 0.717) is 6.04 Å². The van der Waals surface area contributed by atoms with Gasteiger partial charge in [-0.2, -0.15) is 0 Å². The summed E-state index contributed by atoms with van der Waals surface area (Å²) in [6.45, 7) is 2.39. The quantitative estimate of drug-likeness (QED) is 0.923. The highest BCUT2D eigenvalue weighted by Gasteiger charge is 2.13. The van der Waals surface area contributed by atoms with E-state index in [9.17, 15) is 4.39 Å². The molecule has 1 aromatic carbocycles. The van der Waals surface area contributed by atoms with Crippen LogP contribution in [0, 0.1) is 5.82 Å². The lowest BCUT2D eigenvalue weighted by molar-refractivity contribution is 0.0699. The van der Waals surface area contributed by atoms with Gasteiger partial charge in [0, 0.05) is 23.7 Å². The Kier molecular flexibility index (Phi) is 4.32. The second kappa shape index (κ2) is 5.75. The SMILES string of the molecule is Fc1ccc(CNC2CCCOC2)c(Br)c1. The van der Waals surface area contributed by atoms with Crippen molar-refractivity contribution in [2.75, 3.05) is 13.2 Å². The normalized spacial score (nSPS) is 21.0. The van der Waals surface area contributed by atoms with Crippen LogP contribution < -0.4 is 5.32 Å². The zero-order chi connectivity index (χ0) is 11.4. The van der Waals surface area contributed by atoms with Crippen molar-refractivity contribution in [3.63, 3.8) is 0 Å². The average Bonchev–Trinajstić information content (AvgIpc) is 2.29. The summed E-state index contributed by atoms with van der Waals surface area (Å²) < 4.78 is 19.1. The minimum Gasteiger partial charge on any atom is -0.380 e. The van der Waals surface area contributed by atoms with Crippen LogP contribution in [-0.2, 0) is 11.3 Å². The van der Waals surface area contributed by atoms with Gasteiger partial charge in [-0.25, -0.2) is 4.39 Å². The molecule has 1 aliphatic rings. The van der Waals surface area contributed by atoms with Gasteiger partial charge in [0.05, 0.1) is 6.61 Å². The topological polar surface area (TPSA) is 21.3 Å². The number of benzene rings is 1. The Balaban J connectivity index is 1.88. The molecule has 4 heteroatoms. The molecule has 0 radical (unpaired) electrons. The van der Waals surface area contributed by atoms with Crippen molar-refractivity contribution in [2.45, 2.75) is 25.4 Å². The minimum absolute atomic E-state index is 0.211. The van der Waals surface area contributed by atoms with Crippen LogP contribution in [0.4, 0.5) is 4.39 Å². The van der Waals surface area contributed by atoms with Crippen LogP contribution in [0.1, 0.15) is 18.4 Å². The third-order valence-corrected chi connectivity index (χ3v) is 3.49. The number of rotatable bonds is 3. The highest BCUT2D eigenvalue weighted by Crippen LogP contribution is 2.18. The van der Waals surface area contributed by atoms with Crippen LogP contribution in [0.3, 0.4) is 0 Å². The maximum atomic E-state index is 12.9. The summed E-state index contributed by atoms with van der Waals surface area (Å²) >= 11 is 3.36. The second-order valence-corrected chi connectivity index (χ2v) is 4.89. The molecule has 1 aliphatic heterocycles. The van der Waals surface area contributed by atoms with Crippen molar-refractivity contribution in [3.05, 3.63) is 34.1 Å². The maximum absolute atomic E-state index is 12.9. The van der Waals surface area contributed by atoms with Crippen LogP contribution in [0.2, 0.25) is 0 Å². The molecule has 88 valence electrons. The van der Waals surface area contributed by atoms with Crippen LogP contribution in [-0.4, -0.2) is 19.3 Å². The first kappa shape index (κ1) is 12.0. The Bertz CT molecular complexity index is 353. The lowest BCUT2D eigenvalue weighted by atomic mass is 10.1. The van der Waals surface area contributed by atoms with Gasteiger partial charge in [0.15, 0.2) is 0 Å². The maximum Gasteiger partial charge on any atom is 0.124 e. The molecule has 0 saturated carbocycles. The molecule has 1 aromatic rings. The van der Waals surface area contributed by atoms with E-state index in [1.165, 1.54) is 12.1 Å². The summed E-state index contributed by atoms with van der Waals surface area (Å²) in [7, 11) is 0. The first-order valence-electron chi connectivity index (χ1n) is 5.51. The van der Waals surface area contributed by atoms with Gasteiger partial charge in [-0.05, 0) is 30.5 Å². The first-order valence-corrected chi connectivity index (χ1v) is 6.30. The Morgan fingerprint density at radius 1 is 1.50 bits per heavy atom. The molecule has 1 unspecified atom stereocenters. The largest absolute Gasteiger partial charge is 0.380 e. The second-order valence-electron chi connectivity index (χ2n) is 4.03. The molecular formula is C12H15BrFNO. The lowest BCUT2D eigenvalue weighted by Crippen LogP contribution is -2.36. The van der Waals surface area contributed by atoms with Gasteiger partial charge in [0.1, 0.15) is 5.82 Å². The Morgan fingerprint density at radius 2 is 2.38 bits per heavy atom. The van der Waals surface area contributed by atoms with E-state index in [2.05, 4.69) is 21.2 Å². The molecule has 16 heavy (non-hydrogen) atoms. The molecule has 0 spiro atoms. The summed E-state index contributed by atoms with van der Waals surface area (Å²) in [4.78, 5) is 0. The van der Waals surface area contributed by atoms with Gasteiger partial charge >= 0.3 is 0 Å². The van der Waals surface area contributed by atoms with Crippen LogP contribution in [0.5, 0.6) is 0 Å². The molecule has 1 N–H and O–H groups in total. The van der Waals surface area contributed by atoms with Crippen molar-refractivity contribution in [1.82, 2.24) is 5.32 Å². The Hall–Kier alpha value is -0.450. The molecule has 0 amide bonds. The Morgan fingerprint density at radius 3 is 3.06 bits per heavy atom. The lowest BCUT2D eigenvalue weighted by Gasteiger charge is -2.23.